The highest BCUT2D eigenvalue weighted by Crippen LogP contribution is 2.45. The van der Waals surface area contributed by atoms with Gasteiger partial charge in [-0.05, 0) is 64.4 Å². The van der Waals surface area contributed by atoms with Crippen LogP contribution in [0.25, 0.3) is 133 Å². The predicted molar refractivity (Wildman–Crippen MR) is 238 cm³/mol. The zero-order valence-electron chi connectivity index (χ0n) is 31.3. The fourth-order valence-electron chi connectivity index (χ4n) is 9.03. The third kappa shape index (κ3) is 4.77. The molecular formula is C53H29N3O3. The number of hydrogen-bond acceptors (Lipinski definition) is 6. The third-order valence-corrected chi connectivity index (χ3v) is 11.7. The van der Waals surface area contributed by atoms with E-state index in [0.717, 1.165) is 115 Å². The van der Waals surface area contributed by atoms with Crippen molar-refractivity contribution in [2.24, 2.45) is 0 Å². The lowest BCUT2D eigenvalue weighted by molar-refractivity contribution is 0.669. The molecule has 13 aromatic rings. The van der Waals surface area contributed by atoms with Crippen LogP contribution >= 0.6 is 0 Å². The maximum atomic E-state index is 6.64. The molecule has 274 valence electrons. The van der Waals surface area contributed by atoms with E-state index in [9.17, 15) is 0 Å². The molecule has 6 heteroatoms. The monoisotopic (exact) mass is 755 g/mol. The average molecular weight is 756 g/mol. The minimum Gasteiger partial charge on any atom is -0.456 e. The Labute approximate surface area is 335 Å². The first-order valence-electron chi connectivity index (χ1n) is 19.7. The lowest BCUT2D eigenvalue weighted by Gasteiger charge is -2.12. The van der Waals surface area contributed by atoms with Crippen molar-refractivity contribution in [3.8, 4) is 45.3 Å². The van der Waals surface area contributed by atoms with Crippen molar-refractivity contribution in [1.29, 1.82) is 0 Å². The molecule has 0 saturated carbocycles. The quantitative estimate of drug-likeness (QED) is 0.178. The number of nitrogens with zero attached hydrogens (tertiary/aromatic N) is 3. The van der Waals surface area contributed by atoms with E-state index in [0.29, 0.717) is 17.5 Å². The van der Waals surface area contributed by atoms with Crippen molar-refractivity contribution in [2.75, 3.05) is 0 Å². The van der Waals surface area contributed by atoms with E-state index >= 15 is 0 Å². The van der Waals surface area contributed by atoms with Crippen LogP contribution in [0.1, 0.15) is 0 Å². The van der Waals surface area contributed by atoms with E-state index in [1.165, 1.54) is 0 Å². The predicted octanol–water partition coefficient (Wildman–Crippen LogP) is 14.5. The van der Waals surface area contributed by atoms with Gasteiger partial charge in [-0.25, -0.2) is 15.0 Å². The summed E-state index contributed by atoms with van der Waals surface area (Å²) in [5.41, 5.74) is 9.55. The Bertz CT molecular complexity index is 3690. The fourth-order valence-corrected chi connectivity index (χ4v) is 9.03. The summed E-state index contributed by atoms with van der Waals surface area (Å²) >= 11 is 0. The van der Waals surface area contributed by atoms with Gasteiger partial charge < -0.3 is 13.3 Å². The minimum absolute atomic E-state index is 0.536. The molecule has 0 amide bonds. The second-order valence-corrected chi connectivity index (χ2v) is 15.1. The maximum Gasteiger partial charge on any atom is 0.164 e. The zero-order valence-corrected chi connectivity index (χ0v) is 31.3. The molecule has 0 saturated heterocycles. The van der Waals surface area contributed by atoms with Gasteiger partial charge in [-0.3, -0.25) is 0 Å². The van der Waals surface area contributed by atoms with Crippen molar-refractivity contribution in [3.63, 3.8) is 0 Å². The Hall–Kier alpha value is -8.09. The van der Waals surface area contributed by atoms with E-state index in [1.54, 1.807) is 0 Å². The SMILES string of the molecule is c1ccc(-c2ccc3c(c2)oc2cccc(-c4nc(-c5cc6ccccc6c6oc7ccccc7c56)nc(-c5cc6ccccc6c6oc7ccccc7c56)n4)c23)cc1. The van der Waals surface area contributed by atoms with Gasteiger partial charge in [-0.1, -0.05) is 133 Å². The van der Waals surface area contributed by atoms with Gasteiger partial charge >= 0.3 is 0 Å². The summed E-state index contributed by atoms with van der Waals surface area (Å²) in [6.07, 6.45) is 0. The van der Waals surface area contributed by atoms with Gasteiger partial charge in [0, 0.05) is 59.8 Å². The zero-order chi connectivity index (χ0) is 38.6. The Morgan fingerprint density at radius 1 is 0.288 bits per heavy atom. The molecule has 0 N–H and O–H groups in total. The van der Waals surface area contributed by atoms with Crippen LogP contribution in [0.2, 0.25) is 0 Å². The summed E-state index contributed by atoms with van der Waals surface area (Å²) in [4.78, 5) is 16.2. The number of aromatic nitrogens is 3. The van der Waals surface area contributed by atoms with E-state index in [-0.39, 0.29) is 0 Å². The summed E-state index contributed by atoms with van der Waals surface area (Å²) < 4.78 is 19.9. The van der Waals surface area contributed by atoms with Crippen LogP contribution in [0.5, 0.6) is 0 Å². The largest absolute Gasteiger partial charge is 0.456 e. The highest BCUT2D eigenvalue weighted by molar-refractivity contribution is 6.22. The van der Waals surface area contributed by atoms with E-state index in [4.69, 9.17) is 28.2 Å². The van der Waals surface area contributed by atoms with E-state index < -0.39 is 0 Å². The lowest BCUT2D eigenvalue weighted by Crippen LogP contribution is -2.01. The summed E-state index contributed by atoms with van der Waals surface area (Å²) in [6, 6.07) is 60.2. The van der Waals surface area contributed by atoms with Crippen LogP contribution < -0.4 is 0 Å². The number of hydrogen-bond donors (Lipinski definition) is 0. The molecular weight excluding hydrogens is 727 g/mol. The van der Waals surface area contributed by atoms with Crippen molar-refractivity contribution < 1.29 is 13.3 Å². The number of furan rings is 3. The van der Waals surface area contributed by atoms with Gasteiger partial charge in [0.25, 0.3) is 0 Å². The Morgan fingerprint density at radius 2 is 0.780 bits per heavy atom. The van der Waals surface area contributed by atoms with Crippen LogP contribution in [0, 0.1) is 0 Å². The van der Waals surface area contributed by atoms with Crippen LogP contribution in [-0.4, -0.2) is 15.0 Å². The molecule has 0 bridgehead atoms. The summed E-state index contributed by atoms with van der Waals surface area (Å²) in [6.45, 7) is 0. The topological polar surface area (TPSA) is 78.1 Å². The third-order valence-electron chi connectivity index (χ3n) is 11.7. The molecule has 9 aromatic carbocycles. The molecule has 0 unspecified atom stereocenters. The molecule has 0 fully saturated rings. The maximum absolute atomic E-state index is 6.64. The van der Waals surface area contributed by atoms with Crippen molar-refractivity contribution in [1.82, 2.24) is 15.0 Å². The summed E-state index contributed by atoms with van der Waals surface area (Å²) in [5.74, 6) is 1.61. The highest BCUT2D eigenvalue weighted by atomic mass is 16.3. The molecule has 0 radical (unpaired) electrons. The number of fused-ring (bicyclic) bond motifs is 13. The lowest BCUT2D eigenvalue weighted by atomic mass is 9.98. The van der Waals surface area contributed by atoms with Gasteiger partial charge in [0.15, 0.2) is 17.5 Å². The normalized spacial score (nSPS) is 12.1. The molecule has 0 aliphatic carbocycles. The molecule has 0 aliphatic rings. The van der Waals surface area contributed by atoms with Gasteiger partial charge in [-0.2, -0.15) is 0 Å². The molecule has 4 heterocycles. The van der Waals surface area contributed by atoms with Gasteiger partial charge in [0.1, 0.15) is 33.5 Å². The standard InChI is InChI=1S/C53H29N3O3/c1-2-13-30(14-3-1)31-25-26-38-45(29-31)57-44-24-12-21-39(46(38)44)51-54-52(40-27-32-15-4-6-17-34(32)49-47(40)36-19-8-10-22-42(36)58-49)56-53(55-51)41-28-33-16-5-7-18-35(33)50-48(41)37-20-9-11-23-43(37)59-50/h1-29H. The van der Waals surface area contributed by atoms with Gasteiger partial charge in [0.05, 0.1) is 0 Å². The number of rotatable bonds is 4. The molecule has 13 rings (SSSR count). The molecule has 6 nitrogen and oxygen atoms in total. The Kier molecular flexibility index (Phi) is 6.63. The second-order valence-electron chi connectivity index (χ2n) is 15.1. The smallest absolute Gasteiger partial charge is 0.164 e. The number of para-hydroxylation sites is 2. The van der Waals surface area contributed by atoms with Crippen LogP contribution in [-0.2, 0) is 0 Å². The van der Waals surface area contributed by atoms with Crippen molar-refractivity contribution in [2.45, 2.75) is 0 Å². The molecule has 4 aromatic heterocycles. The Balaban J connectivity index is 1.15. The molecule has 0 aliphatic heterocycles. The first kappa shape index (κ1) is 32.0. The van der Waals surface area contributed by atoms with Crippen LogP contribution in [0.4, 0.5) is 0 Å². The average Bonchev–Trinajstić information content (AvgIpc) is 4.01. The first-order valence-corrected chi connectivity index (χ1v) is 19.7. The molecule has 0 atom stereocenters. The Morgan fingerprint density at radius 3 is 1.39 bits per heavy atom. The van der Waals surface area contributed by atoms with Crippen LogP contribution in [0.15, 0.2) is 189 Å². The van der Waals surface area contributed by atoms with Gasteiger partial charge in [0.2, 0.25) is 0 Å². The van der Waals surface area contributed by atoms with E-state index in [2.05, 4.69) is 109 Å². The van der Waals surface area contributed by atoms with E-state index in [1.807, 2.05) is 66.7 Å². The highest BCUT2D eigenvalue weighted by Gasteiger charge is 2.24. The van der Waals surface area contributed by atoms with Crippen molar-refractivity contribution >= 4 is 87.4 Å². The van der Waals surface area contributed by atoms with Crippen molar-refractivity contribution in [3.05, 3.63) is 176 Å². The second kappa shape index (κ2) is 12.2. The number of benzene rings is 9. The minimum atomic E-state index is 0.536. The van der Waals surface area contributed by atoms with Crippen LogP contribution in [0.3, 0.4) is 0 Å². The summed E-state index contributed by atoms with van der Waals surface area (Å²) in [7, 11) is 0. The summed E-state index contributed by atoms with van der Waals surface area (Å²) in [5, 5.41) is 9.97. The molecule has 59 heavy (non-hydrogen) atoms. The van der Waals surface area contributed by atoms with Gasteiger partial charge in [-0.15, -0.1) is 0 Å². The fraction of sp³-hybridized carbons (Fsp3) is 0. The first-order chi connectivity index (χ1) is 29.2. The molecule has 0 spiro atoms.